The molecular formula is C30H33N5O3. The quantitative estimate of drug-likeness (QED) is 0.346. The first-order valence-corrected chi connectivity index (χ1v) is 13.4. The molecule has 8 nitrogen and oxygen atoms in total. The first-order valence-electron chi connectivity index (χ1n) is 13.4. The van der Waals surface area contributed by atoms with Crippen molar-refractivity contribution in [1.82, 2.24) is 20.8 Å². The molecule has 0 radical (unpaired) electrons. The molecule has 196 valence electrons. The molecule has 38 heavy (non-hydrogen) atoms. The smallest absolute Gasteiger partial charge is 0.251 e. The molecular weight excluding hydrogens is 478 g/mol. The van der Waals surface area contributed by atoms with Crippen molar-refractivity contribution in [1.29, 1.82) is 0 Å². The van der Waals surface area contributed by atoms with Gasteiger partial charge in [0.1, 0.15) is 11.9 Å². The predicted molar refractivity (Wildman–Crippen MR) is 149 cm³/mol. The number of H-pyrrole nitrogens is 1. The summed E-state index contributed by atoms with van der Waals surface area (Å²) < 4.78 is 11.6. The van der Waals surface area contributed by atoms with Crippen LogP contribution in [0.15, 0.2) is 66.7 Å². The number of hydrogen-bond acceptors (Lipinski definition) is 6. The van der Waals surface area contributed by atoms with Gasteiger partial charge in [0.2, 0.25) is 0 Å². The minimum absolute atomic E-state index is 0.110. The number of aromatic amines is 1. The number of morpholine rings is 1. The van der Waals surface area contributed by atoms with Crippen LogP contribution in [-0.4, -0.2) is 61.6 Å². The molecule has 1 aromatic heterocycles. The fraction of sp³-hybridized carbons (Fsp3) is 0.333. The number of piperidine rings is 1. The fourth-order valence-electron chi connectivity index (χ4n) is 5.22. The van der Waals surface area contributed by atoms with Crippen molar-refractivity contribution in [3.8, 4) is 17.0 Å². The Balaban J connectivity index is 1.16. The van der Waals surface area contributed by atoms with E-state index in [0.717, 1.165) is 91.4 Å². The van der Waals surface area contributed by atoms with E-state index >= 15 is 0 Å². The number of para-hydroxylation sites is 1. The third kappa shape index (κ3) is 5.37. The molecule has 2 aliphatic heterocycles. The zero-order valence-corrected chi connectivity index (χ0v) is 21.4. The van der Waals surface area contributed by atoms with E-state index in [1.807, 2.05) is 54.6 Å². The van der Waals surface area contributed by atoms with Crippen LogP contribution in [0.3, 0.4) is 0 Å². The molecule has 6 rings (SSSR count). The predicted octanol–water partition coefficient (Wildman–Crippen LogP) is 4.13. The Hall–Kier alpha value is -3.88. The van der Waals surface area contributed by atoms with Gasteiger partial charge >= 0.3 is 0 Å². The highest BCUT2D eigenvalue weighted by molar-refractivity contribution is 6.01. The number of fused-ring (bicyclic) bond motifs is 1. The monoisotopic (exact) mass is 511 g/mol. The summed E-state index contributed by atoms with van der Waals surface area (Å²) in [7, 11) is 0. The second-order valence-corrected chi connectivity index (χ2v) is 9.83. The number of carbonyl (C=O) groups excluding carboxylic acids is 1. The van der Waals surface area contributed by atoms with Crippen molar-refractivity contribution in [3.05, 3.63) is 77.9 Å². The van der Waals surface area contributed by atoms with Crippen molar-refractivity contribution >= 4 is 22.5 Å². The van der Waals surface area contributed by atoms with Gasteiger partial charge in [-0.25, -0.2) is 0 Å². The van der Waals surface area contributed by atoms with Crippen LogP contribution in [0.1, 0.15) is 28.8 Å². The van der Waals surface area contributed by atoms with Crippen LogP contribution >= 0.6 is 0 Å². The van der Waals surface area contributed by atoms with Gasteiger partial charge in [-0.2, -0.15) is 5.10 Å². The number of aromatic nitrogens is 2. The van der Waals surface area contributed by atoms with Crippen molar-refractivity contribution in [2.45, 2.75) is 25.5 Å². The molecule has 3 N–H and O–H groups in total. The number of ether oxygens (including phenoxy) is 2. The zero-order valence-electron chi connectivity index (χ0n) is 21.4. The second kappa shape index (κ2) is 11.2. The number of nitrogens with one attached hydrogen (secondary N) is 3. The number of carbonyl (C=O) groups is 1. The lowest BCUT2D eigenvalue weighted by Gasteiger charge is -2.30. The molecule has 8 heteroatoms. The van der Waals surface area contributed by atoms with E-state index in [1.54, 1.807) is 0 Å². The lowest BCUT2D eigenvalue weighted by atomic mass is 10.0. The summed E-state index contributed by atoms with van der Waals surface area (Å²) in [5, 5.41) is 15.0. The van der Waals surface area contributed by atoms with Crippen LogP contribution in [0.5, 0.6) is 5.75 Å². The van der Waals surface area contributed by atoms with Crippen LogP contribution in [0.25, 0.3) is 22.2 Å². The maximum absolute atomic E-state index is 13.2. The number of anilines is 1. The summed E-state index contributed by atoms with van der Waals surface area (Å²) in [4.78, 5) is 15.5. The number of benzene rings is 3. The molecule has 0 aliphatic carbocycles. The molecule has 2 fully saturated rings. The van der Waals surface area contributed by atoms with Gasteiger partial charge < -0.3 is 25.0 Å². The van der Waals surface area contributed by atoms with E-state index < -0.39 is 0 Å². The van der Waals surface area contributed by atoms with Crippen molar-refractivity contribution < 1.29 is 14.3 Å². The number of amides is 1. The van der Waals surface area contributed by atoms with E-state index in [2.05, 4.69) is 37.9 Å². The number of hydrogen-bond donors (Lipinski definition) is 3. The summed E-state index contributed by atoms with van der Waals surface area (Å²) >= 11 is 0. The summed E-state index contributed by atoms with van der Waals surface area (Å²) in [5.74, 6) is 0.763. The van der Waals surface area contributed by atoms with Crippen LogP contribution < -0.4 is 20.3 Å². The Morgan fingerprint density at radius 1 is 1.03 bits per heavy atom. The molecule has 2 aliphatic rings. The fourth-order valence-corrected chi connectivity index (χ4v) is 5.22. The highest BCUT2D eigenvalue weighted by Gasteiger charge is 2.17. The first kappa shape index (κ1) is 24.5. The topological polar surface area (TPSA) is 91.5 Å². The Kier molecular flexibility index (Phi) is 7.24. The molecule has 0 bridgehead atoms. The SMILES string of the molecule is O=C(NCc1ccccc1N1CCOCC1)c1ccc2[nH]nc(-c3ccc(OC4CCNCC4)cc3)c2c1. The van der Waals surface area contributed by atoms with Crippen LogP contribution in [0.4, 0.5) is 5.69 Å². The van der Waals surface area contributed by atoms with Gasteiger partial charge in [-0.05, 0) is 80.0 Å². The van der Waals surface area contributed by atoms with Gasteiger partial charge in [-0.15, -0.1) is 0 Å². The van der Waals surface area contributed by atoms with E-state index in [0.29, 0.717) is 12.1 Å². The molecule has 0 saturated carbocycles. The van der Waals surface area contributed by atoms with Gasteiger partial charge in [0, 0.05) is 41.8 Å². The number of nitrogens with zero attached hydrogens (tertiary/aromatic N) is 2. The lowest BCUT2D eigenvalue weighted by Crippen LogP contribution is -2.37. The third-order valence-corrected chi connectivity index (χ3v) is 7.32. The highest BCUT2D eigenvalue weighted by atomic mass is 16.5. The number of rotatable bonds is 7. The van der Waals surface area contributed by atoms with Crippen LogP contribution in [-0.2, 0) is 11.3 Å². The Morgan fingerprint density at radius 2 is 1.82 bits per heavy atom. The van der Waals surface area contributed by atoms with Gasteiger partial charge in [-0.1, -0.05) is 18.2 Å². The zero-order chi connectivity index (χ0) is 25.7. The molecule has 4 aromatic rings. The maximum atomic E-state index is 13.2. The van der Waals surface area contributed by atoms with E-state index in [-0.39, 0.29) is 12.0 Å². The summed E-state index contributed by atoms with van der Waals surface area (Å²) in [6.07, 6.45) is 2.31. The van der Waals surface area contributed by atoms with E-state index in [9.17, 15) is 4.79 Å². The minimum atomic E-state index is -0.110. The standard InChI is InChI=1S/C30H33N5O3/c36-30(32-20-23-3-1-2-4-28(23)35-15-17-37-18-16-35)22-7-10-27-26(19-22)29(34-33-27)21-5-8-24(9-6-21)38-25-11-13-31-14-12-25/h1-10,19,25,31H,11-18,20H2,(H,32,36)(H,33,34). The summed E-state index contributed by atoms with van der Waals surface area (Å²) in [6.45, 7) is 5.62. The largest absolute Gasteiger partial charge is 0.490 e. The van der Waals surface area contributed by atoms with Gasteiger partial charge in [0.15, 0.2) is 0 Å². The van der Waals surface area contributed by atoms with E-state index in [4.69, 9.17) is 9.47 Å². The normalized spacial score (nSPS) is 16.5. The highest BCUT2D eigenvalue weighted by Crippen LogP contribution is 2.29. The maximum Gasteiger partial charge on any atom is 0.251 e. The third-order valence-electron chi connectivity index (χ3n) is 7.32. The average Bonchev–Trinajstić information content (AvgIpc) is 3.41. The van der Waals surface area contributed by atoms with Crippen molar-refractivity contribution in [3.63, 3.8) is 0 Å². The molecule has 0 spiro atoms. The van der Waals surface area contributed by atoms with Crippen LogP contribution in [0, 0.1) is 0 Å². The first-order chi connectivity index (χ1) is 18.7. The van der Waals surface area contributed by atoms with Gasteiger partial charge in [0.25, 0.3) is 5.91 Å². The Labute approximate surface area is 222 Å². The summed E-state index contributed by atoms with van der Waals surface area (Å²) in [6, 6.07) is 22.0. The average molecular weight is 512 g/mol. The van der Waals surface area contributed by atoms with Gasteiger partial charge in [0.05, 0.1) is 24.4 Å². The van der Waals surface area contributed by atoms with Gasteiger partial charge in [-0.3, -0.25) is 9.89 Å². The minimum Gasteiger partial charge on any atom is -0.490 e. The molecule has 3 heterocycles. The second-order valence-electron chi connectivity index (χ2n) is 9.83. The summed E-state index contributed by atoms with van der Waals surface area (Å²) in [5.41, 5.74) is 5.54. The molecule has 3 aromatic carbocycles. The van der Waals surface area contributed by atoms with Crippen molar-refractivity contribution in [2.24, 2.45) is 0 Å². The molecule has 0 unspecified atom stereocenters. The molecule has 1 amide bonds. The molecule has 0 atom stereocenters. The van der Waals surface area contributed by atoms with E-state index in [1.165, 1.54) is 0 Å². The van der Waals surface area contributed by atoms with Crippen LogP contribution in [0.2, 0.25) is 0 Å². The molecule has 2 saturated heterocycles. The lowest BCUT2D eigenvalue weighted by molar-refractivity contribution is 0.0951. The Morgan fingerprint density at radius 3 is 2.63 bits per heavy atom. The van der Waals surface area contributed by atoms with Crippen molar-refractivity contribution in [2.75, 3.05) is 44.3 Å². The Bertz CT molecular complexity index is 1390.